The van der Waals surface area contributed by atoms with Crippen LogP contribution in [0.2, 0.25) is 0 Å². The van der Waals surface area contributed by atoms with Crippen LogP contribution in [0.5, 0.6) is 0 Å². The number of hydrogen-bond acceptors (Lipinski definition) is 1. The van der Waals surface area contributed by atoms with Crippen LogP contribution in [0.25, 0.3) is 0 Å². The molecule has 0 bridgehead atoms. The van der Waals surface area contributed by atoms with Crippen LogP contribution in [0.15, 0.2) is 37.0 Å². The summed E-state index contributed by atoms with van der Waals surface area (Å²) in [4.78, 5) is 0. The third kappa shape index (κ3) is 11.2. The Kier molecular flexibility index (Phi) is 25.7. The van der Waals surface area contributed by atoms with Crippen molar-refractivity contribution in [2.75, 3.05) is 13.1 Å². The molecule has 1 nitrogen and oxygen atoms in total. The maximum Gasteiger partial charge on any atom is -0.00431 e. The molecule has 0 saturated carbocycles. The number of rotatable bonds is 3. The number of allylic oxidation sites excluding steroid dienone is 4. The van der Waals surface area contributed by atoms with Crippen molar-refractivity contribution in [3.05, 3.63) is 37.0 Å². The molecule has 0 aromatic rings. The fourth-order valence-electron chi connectivity index (χ4n) is 1.66. The van der Waals surface area contributed by atoms with E-state index >= 15 is 0 Å². The van der Waals surface area contributed by atoms with Crippen LogP contribution in [-0.4, -0.2) is 13.1 Å². The van der Waals surface area contributed by atoms with Crippen molar-refractivity contribution in [2.24, 2.45) is 5.92 Å². The van der Waals surface area contributed by atoms with Crippen molar-refractivity contribution in [3.8, 4) is 12.8 Å². The Morgan fingerprint density at radius 2 is 1.50 bits per heavy atom. The summed E-state index contributed by atoms with van der Waals surface area (Å²) in [5.74, 6) is 0.696. The van der Waals surface area contributed by atoms with Gasteiger partial charge in [-0.2, -0.15) is 0 Å². The quantitative estimate of drug-likeness (QED) is 0.570. The minimum absolute atomic E-state index is 0.696. The van der Waals surface area contributed by atoms with Crippen LogP contribution >= 0.6 is 0 Å². The van der Waals surface area contributed by atoms with Crippen LogP contribution in [-0.2, 0) is 0 Å². The molecule has 1 heterocycles. The SMILES string of the molecule is C#C.C=C/C=C(\C=C)C1CCNCC1.CC.CC. The standard InChI is InChI=1S/C11H17N.2C2H6.C2H2/c1-3-5-10(4-2)11-6-8-12-9-7-11;3*1-2/h3-5,11-12H,1-2,6-9H2;2*1-2H3;1-2H/b10-5+;;;. The van der Waals surface area contributed by atoms with Crippen molar-refractivity contribution in [1.29, 1.82) is 0 Å². The summed E-state index contributed by atoms with van der Waals surface area (Å²) >= 11 is 0. The average Bonchev–Trinajstić information content (AvgIpc) is 2.52. The van der Waals surface area contributed by atoms with Gasteiger partial charge in [0.1, 0.15) is 0 Å². The fraction of sp³-hybridized carbons (Fsp3) is 0.529. The van der Waals surface area contributed by atoms with E-state index < -0.39 is 0 Å². The lowest BCUT2D eigenvalue weighted by molar-refractivity contribution is 0.425. The molecule has 0 unspecified atom stereocenters. The second-order valence-corrected chi connectivity index (χ2v) is 3.13. The molecule has 1 heteroatoms. The molecule has 1 saturated heterocycles. The van der Waals surface area contributed by atoms with E-state index in [0.717, 1.165) is 13.1 Å². The van der Waals surface area contributed by atoms with E-state index in [9.17, 15) is 0 Å². The molecule has 0 aromatic heterocycles. The van der Waals surface area contributed by atoms with Crippen LogP contribution in [0, 0.1) is 18.8 Å². The molecule has 0 atom stereocenters. The zero-order chi connectivity index (χ0) is 14.8. The van der Waals surface area contributed by atoms with E-state index in [1.54, 1.807) is 0 Å². The van der Waals surface area contributed by atoms with Gasteiger partial charge in [0, 0.05) is 0 Å². The molecule has 18 heavy (non-hydrogen) atoms. The Bertz CT molecular complexity index is 217. The van der Waals surface area contributed by atoms with Crippen LogP contribution in [0.3, 0.4) is 0 Å². The summed E-state index contributed by atoms with van der Waals surface area (Å²) in [5.41, 5.74) is 1.34. The summed E-state index contributed by atoms with van der Waals surface area (Å²) < 4.78 is 0. The van der Waals surface area contributed by atoms with Gasteiger partial charge in [-0.05, 0) is 37.4 Å². The Labute approximate surface area is 115 Å². The lowest BCUT2D eigenvalue weighted by Crippen LogP contribution is -2.28. The Morgan fingerprint density at radius 3 is 1.83 bits per heavy atom. The van der Waals surface area contributed by atoms with Crippen LogP contribution < -0.4 is 5.32 Å². The molecule has 0 amide bonds. The van der Waals surface area contributed by atoms with E-state index in [4.69, 9.17) is 0 Å². The molecule has 1 rings (SSSR count). The fourth-order valence-corrected chi connectivity index (χ4v) is 1.66. The molecular weight excluding hydrogens is 218 g/mol. The van der Waals surface area contributed by atoms with Crippen molar-refractivity contribution < 1.29 is 0 Å². The first-order valence-electron chi connectivity index (χ1n) is 6.87. The average molecular weight is 249 g/mol. The van der Waals surface area contributed by atoms with E-state index in [-0.39, 0.29) is 0 Å². The minimum Gasteiger partial charge on any atom is -0.317 e. The monoisotopic (exact) mass is 249 g/mol. The maximum atomic E-state index is 4.00. The van der Waals surface area contributed by atoms with Gasteiger partial charge >= 0.3 is 0 Å². The molecule has 104 valence electrons. The van der Waals surface area contributed by atoms with Gasteiger partial charge in [-0.3, -0.25) is 0 Å². The first-order valence-corrected chi connectivity index (χ1v) is 6.87. The molecule has 1 aliphatic rings. The van der Waals surface area contributed by atoms with Gasteiger partial charge in [0.2, 0.25) is 0 Å². The molecule has 0 radical (unpaired) electrons. The third-order valence-corrected chi connectivity index (χ3v) is 2.36. The second-order valence-electron chi connectivity index (χ2n) is 3.13. The zero-order valence-electron chi connectivity index (χ0n) is 12.7. The van der Waals surface area contributed by atoms with Gasteiger partial charge in [0.15, 0.2) is 0 Å². The number of nitrogens with one attached hydrogen (secondary N) is 1. The van der Waals surface area contributed by atoms with Gasteiger partial charge in [-0.25, -0.2) is 0 Å². The number of hydrogen-bond donors (Lipinski definition) is 1. The molecule has 1 fully saturated rings. The number of piperidine rings is 1. The van der Waals surface area contributed by atoms with Gasteiger partial charge in [-0.1, -0.05) is 59.1 Å². The summed E-state index contributed by atoms with van der Waals surface area (Å²) in [6.07, 6.45) is 16.3. The summed E-state index contributed by atoms with van der Waals surface area (Å²) in [5, 5.41) is 3.35. The third-order valence-electron chi connectivity index (χ3n) is 2.36. The summed E-state index contributed by atoms with van der Waals surface area (Å²) in [6, 6.07) is 0. The lowest BCUT2D eigenvalue weighted by atomic mass is 9.90. The van der Waals surface area contributed by atoms with E-state index in [1.807, 2.05) is 39.8 Å². The van der Waals surface area contributed by atoms with Gasteiger partial charge in [-0.15, -0.1) is 12.8 Å². The van der Waals surface area contributed by atoms with Gasteiger partial charge in [0.05, 0.1) is 0 Å². The summed E-state index contributed by atoms with van der Waals surface area (Å²) in [7, 11) is 0. The highest BCUT2D eigenvalue weighted by Crippen LogP contribution is 2.21. The molecular formula is C17H31N. The molecule has 0 spiro atoms. The Balaban J connectivity index is -0.000000328. The first-order chi connectivity index (χ1) is 8.88. The second kappa shape index (κ2) is 21.1. The predicted molar refractivity (Wildman–Crippen MR) is 86.7 cm³/mol. The maximum absolute atomic E-state index is 4.00. The van der Waals surface area contributed by atoms with E-state index in [0.29, 0.717) is 5.92 Å². The lowest BCUT2D eigenvalue weighted by Gasteiger charge is -2.23. The van der Waals surface area contributed by atoms with E-state index in [1.165, 1.54) is 18.4 Å². The summed E-state index contributed by atoms with van der Waals surface area (Å²) in [6.45, 7) is 17.8. The highest BCUT2D eigenvalue weighted by Gasteiger charge is 2.14. The molecule has 1 aliphatic heterocycles. The zero-order valence-corrected chi connectivity index (χ0v) is 12.7. The van der Waals surface area contributed by atoms with Crippen molar-refractivity contribution in [2.45, 2.75) is 40.5 Å². The predicted octanol–water partition coefficient (Wildman–Crippen LogP) is 4.59. The number of terminal acetylenes is 1. The molecule has 0 aromatic carbocycles. The highest BCUT2D eigenvalue weighted by molar-refractivity contribution is 5.24. The van der Waals surface area contributed by atoms with Crippen molar-refractivity contribution >= 4 is 0 Å². The van der Waals surface area contributed by atoms with Crippen LogP contribution in [0.1, 0.15) is 40.5 Å². The smallest absolute Gasteiger partial charge is 0.00431 e. The van der Waals surface area contributed by atoms with E-state index in [2.05, 4.69) is 37.4 Å². The minimum atomic E-state index is 0.696. The molecule has 1 N–H and O–H groups in total. The highest BCUT2D eigenvalue weighted by atomic mass is 14.9. The van der Waals surface area contributed by atoms with Crippen molar-refractivity contribution in [3.63, 3.8) is 0 Å². The topological polar surface area (TPSA) is 12.0 Å². The largest absolute Gasteiger partial charge is 0.317 e. The van der Waals surface area contributed by atoms with Gasteiger partial charge < -0.3 is 5.32 Å². The van der Waals surface area contributed by atoms with Crippen molar-refractivity contribution in [1.82, 2.24) is 5.32 Å². The molecule has 0 aliphatic carbocycles. The Morgan fingerprint density at radius 1 is 1.06 bits per heavy atom. The van der Waals surface area contributed by atoms with Crippen LogP contribution in [0.4, 0.5) is 0 Å². The van der Waals surface area contributed by atoms with Gasteiger partial charge in [0.25, 0.3) is 0 Å². The normalized spacial score (nSPS) is 14.4. The first kappa shape index (κ1) is 22.0. The Hall–Kier alpha value is -1.26.